The number of hydrogen-bond donors (Lipinski definition) is 1. The van der Waals surface area contributed by atoms with Crippen LogP contribution in [0.3, 0.4) is 0 Å². The van der Waals surface area contributed by atoms with E-state index in [0.29, 0.717) is 6.54 Å². The second-order valence-electron chi connectivity index (χ2n) is 5.45. The van der Waals surface area contributed by atoms with E-state index in [-0.39, 0.29) is 6.10 Å². The number of aryl methyl sites for hydroxylation is 2. The first-order valence-electron chi connectivity index (χ1n) is 6.97. The normalized spacial score (nSPS) is 18.6. The number of hydrogen-bond acceptors (Lipinski definition) is 4. The second kappa shape index (κ2) is 5.21. The number of rotatable bonds is 2. The molecule has 3 rings (SSSR count). The number of benzene rings is 1. The van der Waals surface area contributed by atoms with Crippen LogP contribution in [0, 0.1) is 13.8 Å². The van der Waals surface area contributed by atoms with E-state index in [4.69, 9.17) is 0 Å². The molecule has 1 N–H and O–H groups in total. The standard InChI is InChI=1S/C16H19N3O/c1-11-3-4-14(12(2)9-11)16-17-7-5-15(18-16)19-8-6-13(20)10-19/h3-5,7,9,13,20H,6,8,10H2,1-2H3/t13-/m1/s1. The highest BCUT2D eigenvalue weighted by molar-refractivity contribution is 5.62. The van der Waals surface area contributed by atoms with Crippen LogP contribution in [0.25, 0.3) is 11.4 Å². The van der Waals surface area contributed by atoms with Crippen molar-refractivity contribution in [3.63, 3.8) is 0 Å². The molecule has 0 unspecified atom stereocenters. The summed E-state index contributed by atoms with van der Waals surface area (Å²) in [6, 6.07) is 8.20. The number of nitrogens with zero attached hydrogens (tertiary/aromatic N) is 3. The first-order chi connectivity index (χ1) is 9.63. The lowest BCUT2D eigenvalue weighted by molar-refractivity contribution is 0.198. The van der Waals surface area contributed by atoms with Gasteiger partial charge in [-0.15, -0.1) is 0 Å². The van der Waals surface area contributed by atoms with Gasteiger partial charge in [-0.25, -0.2) is 9.97 Å². The summed E-state index contributed by atoms with van der Waals surface area (Å²) in [7, 11) is 0. The molecule has 0 bridgehead atoms. The molecular formula is C16H19N3O. The Bertz CT molecular complexity index is 627. The van der Waals surface area contributed by atoms with Crippen LogP contribution in [0.5, 0.6) is 0 Å². The lowest BCUT2D eigenvalue weighted by Crippen LogP contribution is -2.22. The molecule has 1 saturated heterocycles. The van der Waals surface area contributed by atoms with Crippen molar-refractivity contribution < 1.29 is 5.11 Å². The summed E-state index contributed by atoms with van der Waals surface area (Å²) < 4.78 is 0. The van der Waals surface area contributed by atoms with Gasteiger partial charge in [0.15, 0.2) is 5.82 Å². The maximum absolute atomic E-state index is 9.64. The minimum atomic E-state index is -0.241. The fraction of sp³-hybridized carbons (Fsp3) is 0.375. The van der Waals surface area contributed by atoms with Gasteiger partial charge < -0.3 is 10.0 Å². The van der Waals surface area contributed by atoms with E-state index in [9.17, 15) is 5.11 Å². The molecular weight excluding hydrogens is 250 g/mol. The summed E-state index contributed by atoms with van der Waals surface area (Å²) in [5, 5.41) is 9.64. The van der Waals surface area contributed by atoms with Gasteiger partial charge in [-0.3, -0.25) is 0 Å². The quantitative estimate of drug-likeness (QED) is 0.909. The molecule has 0 saturated carbocycles. The third kappa shape index (κ3) is 2.51. The van der Waals surface area contributed by atoms with Crippen LogP contribution < -0.4 is 4.90 Å². The average molecular weight is 269 g/mol. The van der Waals surface area contributed by atoms with Crippen LogP contribution in [0.15, 0.2) is 30.5 Å². The van der Waals surface area contributed by atoms with E-state index < -0.39 is 0 Å². The molecule has 104 valence electrons. The Morgan fingerprint density at radius 3 is 2.80 bits per heavy atom. The minimum Gasteiger partial charge on any atom is -0.391 e. The fourth-order valence-corrected chi connectivity index (χ4v) is 2.67. The average Bonchev–Trinajstić information content (AvgIpc) is 2.86. The molecule has 1 aliphatic rings. The summed E-state index contributed by atoms with van der Waals surface area (Å²) in [6.45, 7) is 5.67. The zero-order valence-corrected chi connectivity index (χ0v) is 11.9. The van der Waals surface area contributed by atoms with Crippen LogP contribution in [0.1, 0.15) is 17.5 Å². The third-order valence-corrected chi connectivity index (χ3v) is 3.75. The van der Waals surface area contributed by atoms with Gasteiger partial charge in [-0.1, -0.05) is 23.8 Å². The summed E-state index contributed by atoms with van der Waals surface area (Å²) in [6.07, 6.45) is 2.36. The molecule has 1 fully saturated rings. The van der Waals surface area contributed by atoms with Gasteiger partial charge in [0, 0.05) is 24.8 Å². The molecule has 1 aromatic heterocycles. The van der Waals surface area contributed by atoms with Crippen molar-refractivity contribution in [3.8, 4) is 11.4 Å². The van der Waals surface area contributed by atoms with Crippen LogP contribution in [-0.2, 0) is 0 Å². The van der Waals surface area contributed by atoms with Gasteiger partial charge in [-0.05, 0) is 31.9 Å². The Hall–Kier alpha value is -1.94. The van der Waals surface area contributed by atoms with Crippen molar-refractivity contribution in [1.82, 2.24) is 9.97 Å². The van der Waals surface area contributed by atoms with Gasteiger partial charge in [0.25, 0.3) is 0 Å². The Morgan fingerprint density at radius 2 is 2.10 bits per heavy atom. The number of anilines is 1. The van der Waals surface area contributed by atoms with E-state index in [1.165, 1.54) is 11.1 Å². The maximum atomic E-state index is 9.64. The van der Waals surface area contributed by atoms with Gasteiger partial charge >= 0.3 is 0 Å². The Balaban J connectivity index is 1.95. The Morgan fingerprint density at radius 1 is 1.25 bits per heavy atom. The SMILES string of the molecule is Cc1ccc(-c2nccc(N3CC[C@@H](O)C3)n2)c(C)c1. The van der Waals surface area contributed by atoms with Crippen molar-refractivity contribution in [2.24, 2.45) is 0 Å². The van der Waals surface area contributed by atoms with Gasteiger partial charge in [0.2, 0.25) is 0 Å². The van der Waals surface area contributed by atoms with Crippen molar-refractivity contribution in [1.29, 1.82) is 0 Å². The molecule has 0 spiro atoms. The predicted molar refractivity (Wildman–Crippen MR) is 79.8 cm³/mol. The lowest BCUT2D eigenvalue weighted by Gasteiger charge is -2.17. The van der Waals surface area contributed by atoms with Crippen molar-refractivity contribution >= 4 is 5.82 Å². The number of aliphatic hydroxyl groups is 1. The van der Waals surface area contributed by atoms with Gasteiger partial charge in [0.1, 0.15) is 5.82 Å². The first-order valence-corrected chi connectivity index (χ1v) is 6.97. The van der Waals surface area contributed by atoms with E-state index in [1.807, 2.05) is 6.07 Å². The summed E-state index contributed by atoms with van der Waals surface area (Å²) in [5.41, 5.74) is 3.49. The highest BCUT2D eigenvalue weighted by Gasteiger charge is 2.21. The van der Waals surface area contributed by atoms with Crippen LogP contribution in [0.2, 0.25) is 0 Å². The molecule has 2 heterocycles. The number of aliphatic hydroxyl groups excluding tert-OH is 1. The largest absolute Gasteiger partial charge is 0.391 e. The highest BCUT2D eigenvalue weighted by Crippen LogP contribution is 2.24. The van der Waals surface area contributed by atoms with Crippen LogP contribution in [-0.4, -0.2) is 34.3 Å². The number of β-amino-alcohol motifs (C(OH)–C–C–N with tert-alkyl or cyclic N) is 1. The zero-order chi connectivity index (χ0) is 14.1. The Kier molecular flexibility index (Phi) is 3.40. The topological polar surface area (TPSA) is 49.2 Å². The first kappa shape index (κ1) is 13.1. The summed E-state index contributed by atoms with van der Waals surface area (Å²) >= 11 is 0. The van der Waals surface area contributed by atoms with E-state index in [1.54, 1.807) is 6.20 Å². The lowest BCUT2D eigenvalue weighted by atomic mass is 10.1. The van der Waals surface area contributed by atoms with E-state index >= 15 is 0 Å². The monoisotopic (exact) mass is 269 g/mol. The molecule has 20 heavy (non-hydrogen) atoms. The molecule has 4 nitrogen and oxygen atoms in total. The Labute approximate surface area is 119 Å². The van der Waals surface area contributed by atoms with E-state index in [0.717, 1.165) is 30.2 Å². The second-order valence-corrected chi connectivity index (χ2v) is 5.45. The molecule has 0 aliphatic carbocycles. The van der Waals surface area contributed by atoms with Crippen molar-refractivity contribution in [2.75, 3.05) is 18.0 Å². The predicted octanol–water partition coefficient (Wildman–Crippen LogP) is 2.33. The third-order valence-electron chi connectivity index (χ3n) is 3.75. The van der Waals surface area contributed by atoms with Crippen LogP contribution >= 0.6 is 0 Å². The zero-order valence-electron chi connectivity index (χ0n) is 11.9. The molecule has 1 aliphatic heterocycles. The smallest absolute Gasteiger partial charge is 0.161 e. The molecule has 2 aromatic rings. The van der Waals surface area contributed by atoms with Gasteiger partial charge in [0.05, 0.1) is 6.10 Å². The fourth-order valence-electron chi connectivity index (χ4n) is 2.67. The van der Waals surface area contributed by atoms with E-state index in [2.05, 4.69) is 46.9 Å². The van der Waals surface area contributed by atoms with Crippen molar-refractivity contribution in [3.05, 3.63) is 41.6 Å². The molecule has 0 amide bonds. The summed E-state index contributed by atoms with van der Waals surface area (Å²) in [4.78, 5) is 11.2. The molecule has 0 radical (unpaired) electrons. The maximum Gasteiger partial charge on any atom is 0.161 e. The van der Waals surface area contributed by atoms with Crippen molar-refractivity contribution in [2.45, 2.75) is 26.4 Å². The highest BCUT2D eigenvalue weighted by atomic mass is 16.3. The van der Waals surface area contributed by atoms with Gasteiger partial charge in [-0.2, -0.15) is 0 Å². The minimum absolute atomic E-state index is 0.241. The molecule has 1 atom stereocenters. The molecule has 1 aromatic carbocycles. The number of aromatic nitrogens is 2. The van der Waals surface area contributed by atoms with Crippen LogP contribution in [0.4, 0.5) is 5.82 Å². The summed E-state index contributed by atoms with van der Waals surface area (Å²) in [5.74, 6) is 1.65. The molecule has 4 heteroatoms.